The van der Waals surface area contributed by atoms with Crippen molar-refractivity contribution in [3.63, 3.8) is 0 Å². The summed E-state index contributed by atoms with van der Waals surface area (Å²) in [5, 5.41) is 3.73. The number of likely N-dealkylation sites (N-methyl/N-ethyl adjacent to an activating group) is 1. The van der Waals surface area contributed by atoms with Crippen molar-refractivity contribution in [1.82, 2.24) is 10.2 Å². The minimum Gasteiger partial charge on any atom is -0.493 e. The van der Waals surface area contributed by atoms with Crippen LogP contribution in [0.5, 0.6) is 40.2 Å². The molecule has 0 fully saturated rings. The van der Waals surface area contributed by atoms with Crippen LogP contribution in [0, 0.1) is 0 Å². The fourth-order valence-corrected chi connectivity index (χ4v) is 6.84. The van der Waals surface area contributed by atoms with Gasteiger partial charge in [0.2, 0.25) is 5.75 Å². The number of hydrogen-bond acceptors (Lipinski definition) is 7. The molecule has 8 rings (SSSR count). The maximum absolute atomic E-state index is 6.73. The Bertz CT molecular complexity index is 1650. The topological polar surface area (TPSA) is 61.4 Å². The summed E-state index contributed by atoms with van der Waals surface area (Å²) in [6, 6.07) is 23.5. The van der Waals surface area contributed by atoms with E-state index in [4.69, 9.17) is 23.7 Å². The van der Waals surface area contributed by atoms with Crippen LogP contribution in [-0.4, -0.2) is 46.4 Å². The molecule has 4 aromatic carbocycles. The van der Waals surface area contributed by atoms with Gasteiger partial charge >= 0.3 is 0 Å². The fraction of sp³-hybridized carbons (Fsp3) is 0.333. The molecule has 2 atom stereocenters. The molecule has 1 N–H and O–H groups in total. The van der Waals surface area contributed by atoms with Crippen LogP contribution in [0.25, 0.3) is 0 Å². The van der Waals surface area contributed by atoms with E-state index in [1.54, 1.807) is 21.3 Å². The quantitative estimate of drug-likeness (QED) is 0.287. The number of rotatable bonds is 3. The van der Waals surface area contributed by atoms with Gasteiger partial charge in [0, 0.05) is 24.2 Å². The zero-order valence-corrected chi connectivity index (χ0v) is 25.2. The van der Waals surface area contributed by atoms with Gasteiger partial charge in [0.15, 0.2) is 23.0 Å². The van der Waals surface area contributed by atoms with Crippen molar-refractivity contribution in [1.29, 1.82) is 0 Å². The zero-order valence-electron chi connectivity index (χ0n) is 25.2. The lowest BCUT2D eigenvalue weighted by molar-refractivity contribution is 0.221. The molecule has 4 aromatic rings. The van der Waals surface area contributed by atoms with E-state index in [1.807, 2.05) is 6.07 Å². The van der Waals surface area contributed by atoms with Crippen molar-refractivity contribution < 1.29 is 23.7 Å². The first kappa shape index (κ1) is 27.6. The summed E-state index contributed by atoms with van der Waals surface area (Å²) in [5.74, 6) is 5.06. The average Bonchev–Trinajstić information content (AvgIpc) is 3.02. The van der Waals surface area contributed by atoms with Crippen molar-refractivity contribution >= 4 is 0 Å². The van der Waals surface area contributed by atoms with Crippen molar-refractivity contribution in [2.45, 2.75) is 37.8 Å². The van der Waals surface area contributed by atoms with Gasteiger partial charge in [-0.2, -0.15) is 0 Å². The molecule has 4 aliphatic heterocycles. The molecular formula is C36H38N2O5. The maximum atomic E-state index is 6.73. The molecule has 0 aromatic heterocycles. The van der Waals surface area contributed by atoms with E-state index in [-0.39, 0.29) is 12.1 Å². The maximum Gasteiger partial charge on any atom is 0.204 e. The van der Waals surface area contributed by atoms with Crippen LogP contribution in [0.3, 0.4) is 0 Å². The molecule has 6 bridgehead atoms. The molecule has 0 radical (unpaired) electrons. The molecule has 0 saturated heterocycles. The van der Waals surface area contributed by atoms with Crippen LogP contribution in [0.1, 0.15) is 45.5 Å². The Kier molecular flexibility index (Phi) is 7.37. The Balaban J connectivity index is 1.40. The standard InChI is InChI=1S/C36H38N2O5/c1-38-15-13-25-20-33(40-3)35(41-4)36-34(25)30(38)18-23-6-5-7-27(16-23)42-32-21-28-24(19-31(32)39-2)12-14-37-29(28)17-22-8-10-26(43-36)11-9-22/h5-11,16,19-21,29-30,37H,12-15,17-18H2,1-4H3/t29-,30-/m1/s1. The van der Waals surface area contributed by atoms with Gasteiger partial charge in [-0.15, -0.1) is 0 Å². The molecule has 0 spiro atoms. The summed E-state index contributed by atoms with van der Waals surface area (Å²) in [4.78, 5) is 2.40. The number of fused-ring (bicyclic) bond motifs is 2. The monoisotopic (exact) mass is 578 g/mol. The molecule has 43 heavy (non-hydrogen) atoms. The van der Waals surface area contributed by atoms with Crippen molar-refractivity contribution in [2.24, 2.45) is 0 Å². The van der Waals surface area contributed by atoms with Crippen LogP contribution in [-0.2, 0) is 25.7 Å². The number of ether oxygens (including phenoxy) is 5. The molecular weight excluding hydrogens is 540 g/mol. The van der Waals surface area contributed by atoms with Crippen LogP contribution in [0.2, 0.25) is 0 Å². The summed E-state index contributed by atoms with van der Waals surface area (Å²) < 4.78 is 30.8. The summed E-state index contributed by atoms with van der Waals surface area (Å²) in [6.45, 7) is 1.85. The van der Waals surface area contributed by atoms with Crippen molar-refractivity contribution in [3.05, 3.63) is 100 Å². The largest absolute Gasteiger partial charge is 0.493 e. The molecule has 0 aliphatic carbocycles. The summed E-state index contributed by atoms with van der Waals surface area (Å²) >= 11 is 0. The van der Waals surface area contributed by atoms with E-state index in [2.05, 4.69) is 77.9 Å². The number of nitrogens with one attached hydrogen (secondary N) is 1. The highest BCUT2D eigenvalue weighted by Crippen LogP contribution is 2.50. The predicted molar refractivity (Wildman–Crippen MR) is 167 cm³/mol. The summed E-state index contributed by atoms with van der Waals surface area (Å²) in [6.07, 6.45) is 3.47. The van der Waals surface area contributed by atoms with Crippen molar-refractivity contribution in [3.8, 4) is 40.2 Å². The van der Waals surface area contributed by atoms with E-state index >= 15 is 0 Å². The van der Waals surface area contributed by atoms with E-state index in [0.29, 0.717) is 17.2 Å². The molecule has 222 valence electrons. The molecule has 7 nitrogen and oxygen atoms in total. The molecule has 4 heterocycles. The lowest BCUT2D eigenvalue weighted by Crippen LogP contribution is -2.34. The van der Waals surface area contributed by atoms with Crippen LogP contribution >= 0.6 is 0 Å². The number of nitrogens with zero attached hydrogens (tertiary/aromatic N) is 1. The van der Waals surface area contributed by atoms with Crippen molar-refractivity contribution in [2.75, 3.05) is 41.5 Å². The second-order valence-electron chi connectivity index (χ2n) is 11.6. The smallest absolute Gasteiger partial charge is 0.204 e. The highest BCUT2D eigenvalue weighted by molar-refractivity contribution is 5.62. The Morgan fingerprint density at radius 2 is 1.58 bits per heavy atom. The van der Waals surface area contributed by atoms with Gasteiger partial charge in [-0.25, -0.2) is 0 Å². The number of benzene rings is 4. The second kappa shape index (κ2) is 11.5. The van der Waals surface area contributed by atoms with Crippen LogP contribution in [0.15, 0.2) is 66.7 Å². The second-order valence-corrected chi connectivity index (χ2v) is 11.6. The Morgan fingerprint density at radius 1 is 0.767 bits per heavy atom. The normalized spacial score (nSPS) is 19.3. The Morgan fingerprint density at radius 3 is 2.37 bits per heavy atom. The fourth-order valence-electron chi connectivity index (χ4n) is 6.84. The third kappa shape index (κ3) is 5.17. The van der Waals surface area contributed by atoms with Gasteiger partial charge in [-0.3, -0.25) is 4.90 Å². The Hall–Kier alpha value is -4.20. The minimum absolute atomic E-state index is 0.0667. The van der Waals surface area contributed by atoms with Crippen LogP contribution in [0.4, 0.5) is 0 Å². The van der Waals surface area contributed by atoms with Gasteiger partial charge in [0.05, 0.1) is 21.3 Å². The number of hydrogen-bond donors (Lipinski definition) is 1. The lowest BCUT2D eigenvalue weighted by atomic mass is 9.87. The van der Waals surface area contributed by atoms with E-state index < -0.39 is 0 Å². The van der Waals surface area contributed by atoms with Gasteiger partial charge < -0.3 is 29.0 Å². The third-order valence-corrected chi connectivity index (χ3v) is 9.07. The van der Waals surface area contributed by atoms with E-state index in [9.17, 15) is 0 Å². The SMILES string of the molecule is COc1cc2c3cc1Oc1cccc(c1)C[C@@H]1c4c(cc(OC)c(OC)c4Oc4ccc(cc4)C[C@H]3NCC2)CCN1C. The minimum atomic E-state index is 0.0667. The zero-order chi connectivity index (χ0) is 29.5. The first-order valence-corrected chi connectivity index (χ1v) is 15.0. The first-order valence-electron chi connectivity index (χ1n) is 15.0. The molecule has 0 unspecified atom stereocenters. The predicted octanol–water partition coefficient (Wildman–Crippen LogP) is 6.81. The van der Waals surface area contributed by atoms with Gasteiger partial charge in [-0.1, -0.05) is 24.3 Å². The molecule has 4 aliphatic rings. The van der Waals surface area contributed by atoms with E-state index in [0.717, 1.165) is 67.3 Å². The Labute approximate surface area is 253 Å². The van der Waals surface area contributed by atoms with Gasteiger partial charge in [-0.05, 0) is 110 Å². The summed E-state index contributed by atoms with van der Waals surface area (Å²) in [5.41, 5.74) is 7.30. The lowest BCUT2D eigenvalue weighted by Gasteiger charge is -2.36. The van der Waals surface area contributed by atoms with Crippen LogP contribution < -0.4 is 29.0 Å². The highest BCUT2D eigenvalue weighted by Gasteiger charge is 2.33. The summed E-state index contributed by atoms with van der Waals surface area (Å²) in [7, 11) is 7.25. The van der Waals surface area contributed by atoms with Gasteiger partial charge in [0.1, 0.15) is 11.5 Å². The molecule has 0 saturated carbocycles. The molecule has 7 heteroatoms. The van der Waals surface area contributed by atoms with Gasteiger partial charge in [0.25, 0.3) is 0 Å². The third-order valence-electron chi connectivity index (χ3n) is 9.07. The first-order chi connectivity index (χ1) is 21.0. The average molecular weight is 579 g/mol. The number of methoxy groups -OCH3 is 3. The molecule has 0 amide bonds. The highest BCUT2D eigenvalue weighted by atomic mass is 16.5. The van der Waals surface area contributed by atoms with E-state index in [1.165, 1.54) is 27.8 Å².